The number of hydrogen-bond donors (Lipinski definition) is 1. The Bertz CT molecular complexity index is 1360. The van der Waals surface area contributed by atoms with Crippen molar-refractivity contribution in [2.24, 2.45) is 0 Å². The molecule has 1 N–H and O–H groups in total. The Morgan fingerprint density at radius 1 is 1.00 bits per heavy atom. The molecule has 2 aromatic carbocycles. The molecule has 0 saturated heterocycles. The first kappa shape index (κ1) is 30.5. The number of carbonyl (C=O) groups excluding carboxylic acids is 3. The normalized spacial score (nSPS) is 11.9. The van der Waals surface area contributed by atoms with Crippen LogP contribution in [0.1, 0.15) is 31.5 Å². The van der Waals surface area contributed by atoms with Crippen LogP contribution in [0.5, 0.6) is 11.5 Å². The fraction of sp³-hybridized carbons (Fsp3) is 0.357. The van der Waals surface area contributed by atoms with Crippen LogP contribution >= 0.6 is 11.8 Å². The van der Waals surface area contributed by atoms with E-state index in [0.29, 0.717) is 22.3 Å². The number of hydrogen-bond acceptors (Lipinski definition) is 9. The molecular weight excluding hydrogens is 541 g/mol. The summed E-state index contributed by atoms with van der Waals surface area (Å²) in [6, 6.07) is 10.4. The number of aromatic nitrogens is 2. The van der Waals surface area contributed by atoms with Crippen molar-refractivity contribution in [1.29, 1.82) is 0 Å². The van der Waals surface area contributed by atoms with Crippen LogP contribution in [0.4, 0.5) is 4.39 Å². The van der Waals surface area contributed by atoms with Crippen LogP contribution in [0.3, 0.4) is 0 Å². The lowest BCUT2D eigenvalue weighted by molar-refractivity contribution is -0.150. The van der Waals surface area contributed by atoms with Gasteiger partial charge in [0.2, 0.25) is 5.91 Å². The van der Waals surface area contributed by atoms with E-state index >= 15 is 0 Å². The SMILES string of the molecule is COC(=O)C[C@H](NC(=O)CSc1ncc(C(C)(C)c2ccc(OC)c(OC)c2)n1-c1ccc(F)cc1)C(=O)OC. The standard InChI is InChI=1S/C28H32FN3O7S/c1-28(2,17-7-12-21(36-3)22(13-17)37-4)23-15-30-27(32(23)19-10-8-18(29)9-11-19)40-16-24(33)31-20(26(35)39-6)14-25(34)38-5/h7-13,15,20H,14,16H2,1-6H3,(H,31,33)/t20-/m0/s1. The van der Waals surface area contributed by atoms with Crippen molar-refractivity contribution in [2.75, 3.05) is 34.2 Å². The second-order valence-electron chi connectivity index (χ2n) is 9.14. The molecule has 1 heterocycles. The monoisotopic (exact) mass is 573 g/mol. The van der Waals surface area contributed by atoms with Gasteiger partial charge in [0.15, 0.2) is 16.7 Å². The molecule has 0 spiro atoms. The molecule has 10 nitrogen and oxygen atoms in total. The summed E-state index contributed by atoms with van der Waals surface area (Å²) in [5.74, 6) is -1.31. The number of benzene rings is 2. The van der Waals surface area contributed by atoms with Crippen LogP contribution in [-0.2, 0) is 29.3 Å². The number of ether oxygens (including phenoxy) is 4. The first-order valence-corrected chi connectivity index (χ1v) is 13.2. The third kappa shape index (κ3) is 6.92. The van der Waals surface area contributed by atoms with Gasteiger partial charge in [-0.15, -0.1) is 0 Å². The minimum absolute atomic E-state index is 0.122. The Hall–Kier alpha value is -4.06. The van der Waals surface area contributed by atoms with Gasteiger partial charge in [0.1, 0.15) is 11.9 Å². The minimum Gasteiger partial charge on any atom is -0.493 e. The topological polar surface area (TPSA) is 118 Å². The van der Waals surface area contributed by atoms with Crippen molar-refractivity contribution < 1.29 is 37.7 Å². The number of nitrogens with zero attached hydrogens (tertiary/aromatic N) is 2. The van der Waals surface area contributed by atoms with Crippen LogP contribution < -0.4 is 14.8 Å². The van der Waals surface area contributed by atoms with E-state index in [2.05, 4.69) is 19.8 Å². The van der Waals surface area contributed by atoms with E-state index in [1.165, 1.54) is 19.2 Å². The molecule has 0 aliphatic rings. The molecular formula is C28H32FN3O7S. The number of nitrogens with one attached hydrogen (secondary N) is 1. The molecule has 0 unspecified atom stereocenters. The zero-order chi connectivity index (χ0) is 29.4. The molecule has 3 rings (SSSR count). The van der Waals surface area contributed by atoms with E-state index < -0.39 is 35.1 Å². The fourth-order valence-electron chi connectivity index (χ4n) is 4.04. The Balaban J connectivity index is 1.95. The molecule has 1 atom stereocenters. The van der Waals surface area contributed by atoms with Gasteiger partial charge in [-0.25, -0.2) is 14.2 Å². The van der Waals surface area contributed by atoms with E-state index in [4.69, 9.17) is 9.47 Å². The third-order valence-electron chi connectivity index (χ3n) is 6.31. The summed E-state index contributed by atoms with van der Waals surface area (Å²) in [4.78, 5) is 41.1. The van der Waals surface area contributed by atoms with Crippen molar-refractivity contribution in [1.82, 2.24) is 14.9 Å². The molecule has 214 valence electrons. The Kier molecular flexibility index (Phi) is 10.2. The number of imidazole rings is 1. The Labute approximate surface area is 236 Å². The van der Waals surface area contributed by atoms with Crippen molar-refractivity contribution in [2.45, 2.75) is 36.9 Å². The van der Waals surface area contributed by atoms with Gasteiger partial charge in [-0.2, -0.15) is 0 Å². The molecule has 3 aromatic rings. The lowest BCUT2D eigenvalue weighted by Gasteiger charge is -2.28. The number of thioether (sulfide) groups is 1. The summed E-state index contributed by atoms with van der Waals surface area (Å²) < 4.78 is 35.8. The highest BCUT2D eigenvalue weighted by Gasteiger charge is 2.31. The van der Waals surface area contributed by atoms with Crippen LogP contribution in [0.2, 0.25) is 0 Å². The largest absolute Gasteiger partial charge is 0.493 e. The van der Waals surface area contributed by atoms with Gasteiger partial charge in [-0.05, 0) is 42.0 Å². The smallest absolute Gasteiger partial charge is 0.328 e. The average Bonchev–Trinajstić information content (AvgIpc) is 3.40. The van der Waals surface area contributed by atoms with Crippen molar-refractivity contribution in [3.8, 4) is 17.2 Å². The molecule has 0 aliphatic heterocycles. The zero-order valence-corrected chi connectivity index (χ0v) is 24.0. The summed E-state index contributed by atoms with van der Waals surface area (Å²) >= 11 is 1.12. The van der Waals surface area contributed by atoms with Gasteiger partial charge >= 0.3 is 11.9 Å². The Morgan fingerprint density at radius 2 is 1.68 bits per heavy atom. The maximum Gasteiger partial charge on any atom is 0.328 e. The average molecular weight is 574 g/mol. The lowest BCUT2D eigenvalue weighted by atomic mass is 9.81. The minimum atomic E-state index is -1.19. The molecule has 1 aromatic heterocycles. The second kappa shape index (κ2) is 13.3. The highest BCUT2D eigenvalue weighted by atomic mass is 32.2. The van der Waals surface area contributed by atoms with E-state index in [-0.39, 0.29) is 12.2 Å². The maximum absolute atomic E-state index is 13.8. The van der Waals surface area contributed by atoms with Crippen molar-refractivity contribution in [3.63, 3.8) is 0 Å². The zero-order valence-electron chi connectivity index (χ0n) is 23.1. The van der Waals surface area contributed by atoms with Gasteiger partial charge in [-0.1, -0.05) is 31.7 Å². The molecule has 12 heteroatoms. The number of amides is 1. The van der Waals surface area contributed by atoms with Crippen molar-refractivity contribution in [3.05, 3.63) is 65.7 Å². The van der Waals surface area contributed by atoms with Crippen LogP contribution in [0.25, 0.3) is 5.69 Å². The molecule has 0 fully saturated rings. The summed E-state index contributed by atoms with van der Waals surface area (Å²) in [5.41, 5.74) is 1.71. The number of halogens is 1. The van der Waals surface area contributed by atoms with Gasteiger partial charge in [0.05, 0.1) is 52.5 Å². The summed E-state index contributed by atoms with van der Waals surface area (Å²) in [6.07, 6.45) is 1.34. The number of methoxy groups -OCH3 is 4. The predicted octanol–water partition coefficient (Wildman–Crippen LogP) is 3.67. The van der Waals surface area contributed by atoms with Gasteiger partial charge in [0.25, 0.3) is 0 Å². The van der Waals surface area contributed by atoms with Crippen LogP contribution in [-0.4, -0.2) is 67.6 Å². The summed E-state index contributed by atoms with van der Waals surface area (Å²) in [6.45, 7) is 4.03. The highest BCUT2D eigenvalue weighted by molar-refractivity contribution is 7.99. The number of rotatable bonds is 12. The molecule has 0 radical (unpaired) electrons. The molecule has 40 heavy (non-hydrogen) atoms. The van der Waals surface area contributed by atoms with Gasteiger partial charge in [-0.3, -0.25) is 14.2 Å². The molecule has 0 saturated carbocycles. The maximum atomic E-state index is 13.8. The van der Waals surface area contributed by atoms with Crippen LogP contribution in [0.15, 0.2) is 53.8 Å². The molecule has 0 aliphatic carbocycles. The predicted molar refractivity (Wildman–Crippen MR) is 146 cm³/mol. The number of esters is 2. The van der Waals surface area contributed by atoms with E-state index in [0.717, 1.165) is 30.1 Å². The van der Waals surface area contributed by atoms with Gasteiger partial charge in [0, 0.05) is 11.1 Å². The first-order valence-electron chi connectivity index (χ1n) is 12.2. The number of carbonyl (C=O) groups is 3. The second-order valence-corrected chi connectivity index (χ2v) is 10.1. The quantitative estimate of drug-likeness (QED) is 0.256. The summed E-state index contributed by atoms with van der Waals surface area (Å²) in [7, 11) is 5.47. The van der Waals surface area contributed by atoms with Crippen LogP contribution in [0, 0.1) is 5.82 Å². The highest BCUT2D eigenvalue weighted by Crippen LogP contribution is 2.39. The lowest BCUT2D eigenvalue weighted by Crippen LogP contribution is -2.43. The van der Waals surface area contributed by atoms with E-state index in [1.54, 1.807) is 32.5 Å². The summed E-state index contributed by atoms with van der Waals surface area (Å²) in [5, 5.41) is 2.97. The van der Waals surface area contributed by atoms with Crippen molar-refractivity contribution >= 4 is 29.6 Å². The third-order valence-corrected chi connectivity index (χ3v) is 7.26. The Morgan fingerprint density at radius 3 is 2.27 bits per heavy atom. The fourth-order valence-corrected chi connectivity index (χ4v) is 4.85. The van der Waals surface area contributed by atoms with E-state index in [1.807, 2.05) is 36.6 Å². The first-order chi connectivity index (χ1) is 19.0. The molecule has 0 bridgehead atoms. The van der Waals surface area contributed by atoms with Gasteiger partial charge < -0.3 is 24.3 Å². The van der Waals surface area contributed by atoms with E-state index in [9.17, 15) is 18.8 Å². The molecule has 1 amide bonds.